The molecule has 0 spiro atoms. The van der Waals surface area contributed by atoms with Crippen molar-refractivity contribution in [1.29, 1.82) is 0 Å². The van der Waals surface area contributed by atoms with Crippen molar-refractivity contribution < 1.29 is 14.7 Å². The summed E-state index contributed by atoms with van der Waals surface area (Å²) in [5.41, 5.74) is 2.76. The second kappa shape index (κ2) is 8.87. The van der Waals surface area contributed by atoms with Gasteiger partial charge >= 0.3 is 0 Å². The van der Waals surface area contributed by atoms with Crippen LogP contribution in [0.15, 0.2) is 53.4 Å². The van der Waals surface area contributed by atoms with E-state index < -0.39 is 0 Å². The first-order valence-corrected chi connectivity index (χ1v) is 9.68. The monoisotopic (exact) mass is 370 g/mol. The highest BCUT2D eigenvalue weighted by atomic mass is 32.2. The quantitative estimate of drug-likeness (QED) is 0.580. The molecule has 26 heavy (non-hydrogen) atoms. The third kappa shape index (κ3) is 4.26. The lowest BCUT2D eigenvalue weighted by atomic mass is 10.2. The zero-order valence-electron chi connectivity index (χ0n) is 14.5. The van der Waals surface area contributed by atoms with E-state index in [1.165, 1.54) is 17.3 Å². The molecule has 6 heteroatoms. The molecule has 0 bridgehead atoms. The highest BCUT2D eigenvalue weighted by Gasteiger charge is 2.24. The summed E-state index contributed by atoms with van der Waals surface area (Å²) in [6, 6.07) is 15.3. The molecule has 0 unspecified atom stereocenters. The summed E-state index contributed by atoms with van der Waals surface area (Å²) in [5, 5.41) is 11.6. The minimum atomic E-state index is -0.180. The number of nitrogens with zero attached hydrogens (tertiary/aromatic N) is 1. The van der Waals surface area contributed by atoms with Gasteiger partial charge in [-0.15, -0.1) is 11.8 Å². The largest absolute Gasteiger partial charge is 0.396 e. The summed E-state index contributed by atoms with van der Waals surface area (Å²) in [4.78, 5) is 27.6. The van der Waals surface area contributed by atoms with Gasteiger partial charge < -0.3 is 15.3 Å². The standard InChI is InChI=1S/C20H22N2O3S/c23-13-5-11-21-20(25)16-7-2-4-9-18(16)26-14-19(24)22-12-10-15-6-1-3-8-17(15)22/h1-4,6-9,23H,5,10-14H2,(H,21,25). The van der Waals surface area contributed by atoms with Crippen molar-refractivity contribution in [3.63, 3.8) is 0 Å². The van der Waals surface area contributed by atoms with Gasteiger partial charge in [-0.1, -0.05) is 30.3 Å². The number of anilines is 1. The van der Waals surface area contributed by atoms with Crippen LogP contribution in [0.2, 0.25) is 0 Å². The molecule has 3 rings (SSSR count). The van der Waals surface area contributed by atoms with Gasteiger partial charge in [-0.05, 0) is 36.6 Å². The van der Waals surface area contributed by atoms with E-state index in [1.807, 2.05) is 41.3 Å². The summed E-state index contributed by atoms with van der Waals surface area (Å²) >= 11 is 1.38. The number of nitrogens with one attached hydrogen (secondary N) is 1. The maximum Gasteiger partial charge on any atom is 0.252 e. The van der Waals surface area contributed by atoms with Crippen molar-refractivity contribution in [2.45, 2.75) is 17.7 Å². The van der Waals surface area contributed by atoms with Gasteiger partial charge in [-0.25, -0.2) is 0 Å². The summed E-state index contributed by atoms with van der Waals surface area (Å²) < 4.78 is 0. The molecular formula is C20H22N2O3S. The SMILES string of the molecule is O=C(NCCCO)c1ccccc1SCC(=O)N1CCc2ccccc21. The molecule has 0 atom stereocenters. The Morgan fingerprint density at radius 3 is 2.73 bits per heavy atom. The van der Waals surface area contributed by atoms with E-state index in [0.29, 0.717) is 25.1 Å². The van der Waals surface area contributed by atoms with Crippen molar-refractivity contribution >= 4 is 29.3 Å². The van der Waals surface area contributed by atoms with Crippen LogP contribution in [-0.2, 0) is 11.2 Å². The molecule has 0 saturated carbocycles. The van der Waals surface area contributed by atoms with Crippen LogP contribution < -0.4 is 10.2 Å². The van der Waals surface area contributed by atoms with Crippen LogP contribution >= 0.6 is 11.8 Å². The Balaban J connectivity index is 1.63. The van der Waals surface area contributed by atoms with Crippen molar-refractivity contribution in [2.24, 2.45) is 0 Å². The minimum absolute atomic E-state index is 0.0441. The van der Waals surface area contributed by atoms with Gasteiger partial charge in [0.25, 0.3) is 5.91 Å². The number of thioether (sulfide) groups is 1. The Bertz CT molecular complexity index is 794. The van der Waals surface area contributed by atoms with Crippen LogP contribution in [0, 0.1) is 0 Å². The lowest BCUT2D eigenvalue weighted by Gasteiger charge is -2.17. The van der Waals surface area contributed by atoms with Crippen molar-refractivity contribution in [2.75, 3.05) is 30.3 Å². The van der Waals surface area contributed by atoms with Crippen LogP contribution in [0.3, 0.4) is 0 Å². The van der Waals surface area contributed by atoms with Gasteiger partial charge in [-0.3, -0.25) is 9.59 Å². The maximum atomic E-state index is 12.7. The Labute approximate surface area is 157 Å². The van der Waals surface area contributed by atoms with E-state index in [1.54, 1.807) is 6.07 Å². The van der Waals surface area contributed by atoms with E-state index >= 15 is 0 Å². The first kappa shape index (κ1) is 18.5. The normalized spacial score (nSPS) is 12.7. The number of aliphatic hydroxyl groups is 1. The summed E-state index contributed by atoms with van der Waals surface area (Å²) in [6.45, 7) is 1.18. The third-order valence-corrected chi connectivity index (χ3v) is 5.35. The molecule has 0 radical (unpaired) electrons. The average Bonchev–Trinajstić information content (AvgIpc) is 3.10. The number of fused-ring (bicyclic) bond motifs is 1. The Hall–Kier alpha value is -2.31. The summed E-state index contributed by atoms with van der Waals surface area (Å²) in [6.07, 6.45) is 1.41. The fraction of sp³-hybridized carbons (Fsp3) is 0.300. The highest BCUT2D eigenvalue weighted by molar-refractivity contribution is 8.00. The van der Waals surface area contributed by atoms with E-state index in [0.717, 1.165) is 17.0 Å². The maximum absolute atomic E-state index is 12.7. The molecule has 2 N–H and O–H groups in total. The topological polar surface area (TPSA) is 69.6 Å². The van der Waals surface area contributed by atoms with Gasteiger partial charge in [0.15, 0.2) is 0 Å². The number of amides is 2. The van der Waals surface area contributed by atoms with Crippen LogP contribution in [0.1, 0.15) is 22.3 Å². The number of benzene rings is 2. The summed E-state index contributed by atoms with van der Waals surface area (Å²) in [7, 11) is 0. The lowest BCUT2D eigenvalue weighted by molar-refractivity contribution is -0.116. The Morgan fingerprint density at radius 1 is 1.12 bits per heavy atom. The average molecular weight is 370 g/mol. The number of carbonyl (C=O) groups is 2. The molecule has 5 nitrogen and oxygen atoms in total. The van der Waals surface area contributed by atoms with Crippen molar-refractivity contribution in [3.8, 4) is 0 Å². The number of rotatable bonds is 7. The second-order valence-corrected chi connectivity index (χ2v) is 7.06. The van der Waals surface area contributed by atoms with E-state index in [9.17, 15) is 9.59 Å². The summed E-state index contributed by atoms with van der Waals surface area (Å²) in [5.74, 6) is 0.158. The predicted molar refractivity (Wildman–Crippen MR) is 104 cm³/mol. The Morgan fingerprint density at radius 2 is 1.88 bits per heavy atom. The molecule has 1 aliphatic rings. The molecule has 136 valence electrons. The van der Waals surface area contributed by atoms with Crippen LogP contribution in [0.5, 0.6) is 0 Å². The van der Waals surface area contributed by atoms with Crippen molar-refractivity contribution in [1.82, 2.24) is 5.32 Å². The fourth-order valence-electron chi connectivity index (χ4n) is 2.97. The number of carbonyl (C=O) groups excluding carboxylic acids is 2. The number of hydrogen-bond acceptors (Lipinski definition) is 4. The van der Waals surface area contributed by atoms with Gasteiger partial charge in [0.1, 0.15) is 0 Å². The molecule has 2 amide bonds. The van der Waals surface area contributed by atoms with Gasteiger partial charge in [-0.2, -0.15) is 0 Å². The van der Waals surface area contributed by atoms with Crippen LogP contribution in [0.4, 0.5) is 5.69 Å². The molecular weight excluding hydrogens is 348 g/mol. The first-order valence-electron chi connectivity index (χ1n) is 8.70. The molecule has 1 heterocycles. The number of aliphatic hydroxyl groups excluding tert-OH is 1. The molecule has 2 aromatic rings. The zero-order chi connectivity index (χ0) is 18.4. The first-order chi connectivity index (χ1) is 12.7. The zero-order valence-corrected chi connectivity index (χ0v) is 15.3. The van der Waals surface area contributed by atoms with Crippen LogP contribution in [0.25, 0.3) is 0 Å². The van der Waals surface area contributed by atoms with E-state index in [2.05, 4.69) is 11.4 Å². The highest BCUT2D eigenvalue weighted by Crippen LogP contribution is 2.29. The van der Waals surface area contributed by atoms with Crippen molar-refractivity contribution in [3.05, 3.63) is 59.7 Å². The molecule has 0 aliphatic carbocycles. The predicted octanol–water partition coefficient (Wildman–Crippen LogP) is 2.48. The molecule has 0 saturated heterocycles. The Kier molecular flexibility index (Phi) is 6.30. The number of hydrogen-bond donors (Lipinski definition) is 2. The van der Waals surface area contributed by atoms with Crippen LogP contribution in [-0.4, -0.2) is 42.4 Å². The van der Waals surface area contributed by atoms with Gasteiger partial charge in [0.05, 0.1) is 11.3 Å². The third-order valence-electron chi connectivity index (χ3n) is 4.29. The smallest absolute Gasteiger partial charge is 0.252 e. The number of para-hydroxylation sites is 1. The van der Waals surface area contributed by atoms with E-state index in [4.69, 9.17) is 5.11 Å². The lowest BCUT2D eigenvalue weighted by Crippen LogP contribution is -2.30. The molecule has 2 aromatic carbocycles. The molecule has 0 fully saturated rings. The minimum Gasteiger partial charge on any atom is -0.396 e. The molecule has 0 aromatic heterocycles. The fourth-order valence-corrected chi connectivity index (χ4v) is 3.90. The van der Waals surface area contributed by atoms with Gasteiger partial charge in [0, 0.05) is 30.3 Å². The molecule has 1 aliphatic heterocycles. The van der Waals surface area contributed by atoms with Gasteiger partial charge in [0.2, 0.25) is 5.91 Å². The van der Waals surface area contributed by atoms with E-state index in [-0.39, 0.29) is 24.2 Å². The second-order valence-electron chi connectivity index (χ2n) is 6.04.